The Bertz CT molecular complexity index is 433. The number of anilines is 1. The monoisotopic (exact) mass is 346 g/mol. The molecule has 0 aliphatic heterocycles. The third kappa shape index (κ3) is 2.88. The summed E-state index contributed by atoms with van der Waals surface area (Å²) >= 11 is 2.01. The topological polar surface area (TPSA) is 55.2 Å². The van der Waals surface area contributed by atoms with Crippen LogP contribution in [-0.2, 0) is 0 Å². The fraction of sp³-hybridized carbons (Fsp3) is 0.500. The summed E-state index contributed by atoms with van der Waals surface area (Å²) in [6.07, 6.45) is 3.91. The number of rotatable bonds is 4. The Hall–Kier alpha value is -0.850. The van der Waals surface area contributed by atoms with Crippen molar-refractivity contribution in [3.05, 3.63) is 31.9 Å². The second-order valence-electron chi connectivity index (χ2n) is 4.55. The fourth-order valence-corrected chi connectivity index (χ4v) is 2.78. The molecule has 0 radical (unpaired) electrons. The third-order valence-corrected chi connectivity index (χ3v) is 4.26. The fourth-order valence-electron chi connectivity index (χ4n) is 2.07. The van der Waals surface area contributed by atoms with E-state index >= 15 is 0 Å². The van der Waals surface area contributed by atoms with Crippen molar-refractivity contribution < 1.29 is 4.92 Å². The molecule has 1 atom stereocenters. The minimum Gasteiger partial charge on any atom is -0.382 e. The van der Waals surface area contributed by atoms with Crippen LogP contribution in [0.1, 0.15) is 26.2 Å². The van der Waals surface area contributed by atoms with E-state index in [0.29, 0.717) is 9.61 Å². The van der Waals surface area contributed by atoms with E-state index in [-0.39, 0.29) is 10.6 Å². The zero-order valence-corrected chi connectivity index (χ0v) is 11.8. The van der Waals surface area contributed by atoms with Gasteiger partial charge in [0.05, 0.1) is 8.49 Å². The maximum atomic E-state index is 10.7. The van der Waals surface area contributed by atoms with Gasteiger partial charge in [0, 0.05) is 17.8 Å². The lowest BCUT2D eigenvalue weighted by molar-refractivity contribution is -0.385. The number of hydrogen-bond acceptors (Lipinski definition) is 3. The van der Waals surface area contributed by atoms with Gasteiger partial charge < -0.3 is 5.32 Å². The van der Waals surface area contributed by atoms with Crippen molar-refractivity contribution in [1.29, 1.82) is 0 Å². The van der Waals surface area contributed by atoms with Crippen LogP contribution in [0, 0.1) is 19.6 Å². The van der Waals surface area contributed by atoms with Crippen LogP contribution in [0.3, 0.4) is 0 Å². The van der Waals surface area contributed by atoms with E-state index in [4.69, 9.17) is 0 Å². The van der Waals surface area contributed by atoms with E-state index < -0.39 is 0 Å². The lowest BCUT2D eigenvalue weighted by Gasteiger charge is -2.32. The molecule has 92 valence electrons. The van der Waals surface area contributed by atoms with Crippen LogP contribution in [0.15, 0.2) is 18.2 Å². The summed E-state index contributed by atoms with van der Waals surface area (Å²) < 4.78 is 0.679. The molecule has 1 fully saturated rings. The quantitative estimate of drug-likeness (QED) is 0.513. The molecule has 1 N–H and O–H groups in total. The van der Waals surface area contributed by atoms with Gasteiger partial charge in [0.15, 0.2) is 0 Å². The molecule has 0 aromatic heterocycles. The van der Waals surface area contributed by atoms with Gasteiger partial charge in [-0.2, -0.15) is 0 Å². The first-order valence-corrected chi connectivity index (χ1v) is 6.86. The van der Waals surface area contributed by atoms with Gasteiger partial charge in [-0.15, -0.1) is 0 Å². The van der Waals surface area contributed by atoms with Crippen LogP contribution >= 0.6 is 22.6 Å². The summed E-state index contributed by atoms with van der Waals surface area (Å²) in [5, 5.41) is 14.1. The lowest BCUT2D eigenvalue weighted by Crippen LogP contribution is -2.30. The Labute approximate surface area is 114 Å². The minimum atomic E-state index is -0.346. The van der Waals surface area contributed by atoms with E-state index in [2.05, 4.69) is 12.2 Å². The summed E-state index contributed by atoms with van der Waals surface area (Å²) in [6.45, 7) is 2.18. The molecule has 0 amide bonds. The van der Waals surface area contributed by atoms with Gasteiger partial charge >= 0.3 is 0 Å². The zero-order chi connectivity index (χ0) is 12.4. The van der Waals surface area contributed by atoms with Crippen molar-refractivity contribution in [3.8, 4) is 0 Å². The van der Waals surface area contributed by atoms with E-state index in [0.717, 1.165) is 11.6 Å². The second-order valence-corrected chi connectivity index (χ2v) is 5.71. The predicted molar refractivity (Wildman–Crippen MR) is 76.2 cm³/mol. The van der Waals surface area contributed by atoms with Crippen molar-refractivity contribution in [2.24, 2.45) is 5.92 Å². The van der Waals surface area contributed by atoms with Crippen LogP contribution in [0.5, 0.6) is 0 Å². The number of hydrogen-bond donors (Lipinski definition) is 1. The molecule has 0 spiro atoms. The smallest absolute Gasteiger partial charge is 0.282 e. The molecule has 1 aromatic rings. The van der Waals surface area contributed by atoms with Crippen molar-refractivity contribution in [3.63, 3.8) is 0 Å². The lowest BCUT2D eigenvalue weighted by atomic mass is 9.80. The summed E-state index contributed by atoms with van der Waals surface area (Å²) in [5.74, 6) is 0.753. The maximum absolute atomic E-state index is 10.7. The number of nitro benzene ring substituents is 1. The molecule has 0 heterocycles. The first-order chi connectivity index (χ1) is 8.08. The number of nitro groups is 1. The van der Waals surface area contributed by atoms with Gasteiger partial charge in [-0.3, -0.25) is 10.1 Å². The molecule has 1 aliphatic rings. The highest BCUT2D eigenvalue weighted by Gasteiger charge is 2.24. The van der Waals surface area contributed by atoms with Gasteiger partial charge in [0.2, 0.25) is 0 Å². The van der Waals surface area contributed by atoms with Crippen molar-refractivity contribution in [1.82, 2.24) is 0 Å². The molecule has 17 heavy (non-hydrogen) atoms. The molecule has 1 unspecified atom stereocenters. The molecule has 0 bridgehead atoms. The predicted octanol–water partition coefficient (Wildman–Crippen LogP) is 3.80. The number of nitrogens with one attached hydrogen (secondary N) is 1. The van der Waals surface area contributed by atoms with Gasteiger partial charge in [-0.1, -0.05) is 6.42 Å². The maximum Gasteiger partial charge on any atom is 0.282 e. The summed E-state index contributed by atoms with van der Waals surface area (Å²) in [5.41, 5.74) is 1.15. The molecular weight excluding hydrogens is 331 g/mol. The average molecular weight is 346 g/mol. The van der Waals surface area contributed by atoms with Crippen LogP contribution in [0.25, 0.3) is 0 Å². The number of nitrogens with zero attached hydrogens (tertiary/aromatic N) is 1. The molecular formula is C12H15IN2O2. The number of halogens is 1. The standard InChI is InChI=1S/C12H15IN2O2/c1-8(9-3-2-4-9)14-10-5-6-12(15(16)17)11(13)7-10/h5-9,14H,2-4H2,1H3. The molecule has 5 heteroatoms. The highest BCUT2D eigenvalue weighted by atomic mass is 127. The van der Waals surface area contributed by atoms with E-state index in [1.54, 1.807) is 12.1 Å². The largest absolute Gasteiger partial charge is 0.382 e. The first-order valence-electron chi connectivity index (χ1n) is 5.78. The zero-order valence-electron chi connectivity index (χ0n) is 9.65. The molecule has 0 saturated heterocycles. The highest BCUT2D eigenvalue weighted by molar-refractivity contribution is 14.1. The van der Waals surface area contributed by atoms with Crippen LogP contribution in [0.2, 0.25) is 0 Å². The first kappa shape index (κ1) is 12.6. The van der Waals surface area contributed by atoms with E-state index in [1.807, 2.05) is 28.7 Å². The Morgan fingerprint density at radius 2 is 2.24 bits per heavy atom. The van der Waals surface area contributed by atoms with Gasteiger partial charge in [-0.05, 0) is 60.4 Å². The van der Waals surface area contributed by atoms with Crippen LogP contribution in [0.4, 0.5) is 11.4 Å². The summed E-state index contributed by atoms with van der Waals surface area (Å²) in [4.78, 5) is 10.4. The Balaban J connectivity index is 2.06. The molecule has 4 nitrogen and oxygen atoms in total. The molecule has 1 aromatic carbocycles. The van der Waals surface area contributed by atoms with Crippen LogP contribution in [-0.4, -0.2) is 11.0 Å². The summed E-state index contributed by atoms with van der Waals surface area (Å²) in [7, 11) is 0. The Kier molecular flexibility index (Phi) is 3.86. The molecule has 1 saturated carbocycles. The van der Waals surface area contributed by atoms with Crippen molar-refractivity contribution >= 4 is 34.0 Å². The van der Waals surface area contributed by atoms with Crippen molar-refractivity contribution in [2.75, 3.05) is 5.32 Å². The van der Waals surface area contributed by atoms with Gasteiger partial charge in [-0.25, -0.2) is 0 Å². The van der Waals surface area contributed by atoms with Crippen LogP contribution < -0.4 is 5.32 Å². The van der Waals surface area contributed by atoms with Gasteiger partial charge in [0.1, 0.15) is 0 Å². The summed E-state index contributed by atoms with van der Waals surface area (Å²) in [6, 6.07) is 5.64. The minimum absolute atomic E-state index is 0.174. The number of benzene rings is 1. The SMILES string of the molecule is CC(Nc1ccc([N+](=O)[O-])c(I)c1)C1CCC1. The van der Waals surface area contributed by atoms with Gasteiger partial charge in [0.25, 0.3) is 5.69 Å². The Morgan fingerprint density at radius 1 is 1.53 bits per heavy atom. The third-order valence-electron chi connectivity index (χ3n) is 3.40. The van der Waals surface area contributed by atoms with Crippen molar-refractivity contribution in [2.45, 2.75) is 32.2 Å². The van der Waals surface area contributed by atoms with E-state index in [9.17, 15) is 10.1 Å². The molecule has 1 aliphatic carbocycles. The van der Waals surface area contributed by atoms with E-state index in [1.165, 1.54) is 19.3 Å². The highest BCUT2D eigenvalue weighted by Crippen LogP contribution is 2.32. The second kappa shape index (κ2) is 5.20. The average Bonchev–Trinajstić information content (AvgIpc) is 2.13. The molecule has 2 rings (SSSR count). The normalized spacial score (nSPS) is 17.3. The Morgan fingerprint density at radius 3 is 2.71 bits per heavy atom.